The molecule has 1 aromatic carbocycles. The molecule has 2 rings (SSSR count). The van der Waals surface area contributed by atoms with Crippen molar-refractivity contribution in [1.29, 1.82) is 0 Å². The van der Waals surface area contributed by atoms with Gasteiger partial charge in [-0.15, -0.1) is 11.6 Å². The van der Waals surface area contributed by atoms with Crippen molar-refractivity contribution >= 4 is 39.7 Å². The Labute approximate surface area is 109 Å². The first kappa shape index (κ1) is 12.4. The van der Waals surface area contributed by atoms with Gasteiger partial charge in [0.1, 0.15) is 5.15 Å². The third kappa shape index (κ3) is 3.22. The van der Waals surface area contributed by atoms with Crippen LogP contribution in [0.3, 0.4) is 0 Å². The molecule has 1 aromatic heterocycles. The molecule has 1 heterocycles. The van der Waals surface area contributed by atoms with Crippen LogP contribution < -0.4 is 5.32 Å². The molecular formula is C12H12Cl2N2O. The van der Waals surface area contributed by atoms with Gasteiger partial charge < -0.3 is 10.4 Å². The summed E-state index contributed by atoms with van der Waals surface area (Å²) < 4.78 is 0. The average Bonchev–Trinajstić information content (AvgIpc) is 2.35. The molecule has 5 heteroatoms. The van der Waals surface area contributed by atoms with E-state index in [1.54, 1.807) is 12.3 Å². The fraction of sp³-hybridized carbons (Fsp3) is 0.250. The summed E-state index contributed by atoms with van der Waals surface area (Å²) in [5, 5.41) is 15.0. The van der Waals surface area contributed by atoms with Crippen LogP contribution in [0, 0.1) is 0 Å². The summed E-state index contributed by atoms with van der Waals surface area (Å²) in [4.78, 5) is 4.01. The van der Waals surface area contributed by atoms with Crippen LogP contribution in [0.4, 0.5) is 5.69 Å². The molecule has 1 atom stereocenters. The van der Waals surface area contributed by atoms with Crippen molar-refractivity contribution in [3.63, 3.8) is 0 Å². The lowest BCUT2D eigenvalue weighted by molar-refractivity contribution is 0.211. The Kier molecular flexibility index (Phi) is 4.05. The first-order valence-corrected chi connectivity index (χ1v) is 6.13. The van der Waals surface area contributed by atoms with Gasteiger partial charge >= 0.3 is 0 Å². The van der Waals surface area contributed by atoms with Crippen LogP contribution in [-0.4, -0.2) is 28.6 Å². The van der Waals surface area contributed by atoms with Crippen molar-refractivity contribution in [2.45, 2.75) is 6.10 Å². The molecule has 0 saturated heterocycles. The number of nitrogens with zero attached hydrogens (tertiary/aromatic N) is 1. The first-order valence-electron chi connectivity index (χ1n) is 5.22. The van der Waals surface area contributed by atoms with Crippen molar-refractivity contribution in [2.75, 3.05) is 17.7 Å². The molecule has 17 heavy (non-hydrogen) atoms. The number of hydrogen-bond acceptors (Lipinski definition) is 3. The minimum atomic E-state index is -0.548. The first-order chi connectivity index (χ1) is 8.19. The number of alkyl halides is 1. The Bertz CT molecular complexity index is 519. The van der Waals surface area contributed by atoms with E-state index in [-0.39, 0.29) is 5.88 Å². The lowest BCUT2D eigenvalue weighted by Crippen LogP contribution is -2.20. The van der Waals surface area contributed by atoms with Crippen LogP contribution in [0.2, 0.25) is 5.15 Å². The Hall–Kier alpha value is -1.03. The second-order valence-corrected chi connectivity index (χ2v) is 4.45. The van der Waals surface area contributed by atoms with E-state index in [4.69, 9.17) is 23.2 Å². The minimum absolute atomic E-state index is 0.219. The van der Waals surface area contributed by atoms with Gasteiger partial charge in [0.2, 0.25) is 0 Å². The Morgan fingerprint density at radius 3 is 2.88 bits per heavy atom. The monoisotopic (exact) mass is 270 g/mol. The molecule has 0 aliphatic carbocycles. The molecule has 0 bridgehead atoms. The third-order valence-corrected chi connectivity index (χ3v) is 2.97. The highest BCUT2D eigenvalue weighted by molar-refractivity contribution is 6.30. The highest BCUT2D eigenvalue weighted by Gasteiger charge is 2.02. The van der Waals surface area contributed by atoms with Crippen molar-refractivity contribution in [3.05, 3.63) is 35.6 Å². The van der Waals surface area contributed by atoms with Gasteiger partial charge in [0.05, 0.1) is 12.0 Å². The summed E-state index contributed by atoms with van der Waals surface area (Å²) in [6, 6.07) is 7.65. The van der Waals surface area contributed by atoms with Gasteiger partial charge in [0, 0.05) is 23.8 Å². The van der Waals surface area contributed by atoms with E-state index < -0.39 is 6.10 Å². The normalized spacial score (nSPS) is 12.6. The molecule has 2 aromatic rings. The van der Waals surface area contributed by atoms with E-state index >= 15 is 0 Å². The highest BCUT2D eigenvalue weighted by atomic mass is 35.5. The van der Waals surface area contributed by atoms with E-state index in [1.165, 1.54) is 0 Å². The maximum atomic E-state index is 9.35. The van der Waals surface area contributed by atoms with E-state index in [2.05, 4.69) is 10.3 Å². The molecule has 0 radical (unpaired) electrons. The maximum Gasteiger partial charge on any atom is 0.129 e. The van der Waals surface area contributed by atoms with Gasteiger partial charge in [0.15, 0.2) is 0 Å². The number of aliphatic hydroxyl groups excluding tert-OH is 1. The van der Waals surface area contributed by atoms with Gasteiger partial charge in [0.25, 0.3) is 0 Å². The zero-order valence-corrected chi connectivity index (χ0v) is 10.5. The lowest BCUT2D eigenvalue weighted by Gasteiger charge is -2.10. The van der Waals surface area contributed by atoms with Gasteiger partial charge in [-0.1, -0.05) is 17.7 Å². The highest BCUT2D eigenvalue weighted by Crippen LogP contribution is 2.20. The quantitative estimate of drug-likeness (QED) is 0.664. The number of halogens is 2. The number of aromatic nitrogens is 1. The molecule has 0 spiro atoms. The summed E-state index contributed by atoms with van der Waals surface area (Å²) >= 11 is 11.4. The van der Waals surface area contributed by atoms with Gasteiger partial charge in [-0.05, 0) is 23.6 Å². The zero-order chi connectivity index (χ0) is 12.3. The van der Waals surface area contributed by atoms with E-state index in [0.717, 1.165) is 16.5 Å². The molecule has 2 N–H and O–H groups in total. The summed E-state index contributed by atoms with van der Waals surface area (Å²) in [5.74, 6) is 0.219. The fourth-order valence-electron chi connectivity index (χ4n) is 1.51. The van der Waals surface area contributed by atoms with Crippen LogP contribution in [0.25, 0.3) is 10.8 Å². The topological polar surface area (TPSA) is 45.1 Å². The lowest BCUT2D eigenvalue weighted by atomic mass is 10.1. The van der Waals surface area contributed by atoms with Crippen LogP contribution in [0.1, 0.15) is 0 Å². The molecule has 0 saturated carbocycles. The largest absolute Gasteiger partial charge is 0.390 e. The van der Waals surface area contributed by atoms with E-state index in [9.17, 15) is 5.11 Å². The number of benzene rings is 1. The Morgan fingerprint density at radius 1 is 1.29 bits per heavy atom. The number of rotatable bonds is 4. The molecule has 1 unspecified atom stereocenters. The van der Waals surface area contributed by atoms with Gasteiger partial charge in [-0.2, -0.15) is 0 Å². The van der Waals surface area contributed by atoms with E-state index in [0.29, 0.717) is 11.7 Å². The number of fused-ring (bicyclic) bond motifs is 1. The van der Waals surface area contributed by atoms with Crippen molar-refractivity contribution in [2.24, 2.45) is 0 Å². The summed E-state index contributed by atoms with van der Waals surface area (Å²) in [6.45, 7) is 0.424. The van der Waals surface area contributed by atoms with Crippen molar-refractivity contribution in [3.8, 4) is 0 Å². The molecule has 0 aliphatic rings. The van der Waals surface area contributed by atoms with Crippen LogP contribution in [-0.2, 0) is 0 Å². The number of pyridine rings is 1. The van der Waals surface area contributed by atoms with Gasteiger partial charge in [-0.3, -0.25) is 0 Å². The second kappa shape index (κ2) is 5.54. The van der Waals surface area contributed by atoms with Gasteiger partial charge in [-0.25, -0.2) is 4.98 Å². The molecule has 0 aliphatic heterocycles. The number of anilines is 1. The molecular weight excluding hydrogens is 259 g/mol. The smallest absolute Gasteiger partial charge is 0.129 e. The molecule has 90 valence electrons. The van der Waals surface area contributed by atoms with Crippen molar-refractivity contribution in [1.82, 2.24) is 4.98 Å². The summed E-state index contributed by atoms with van der Waals surface area (Å²) in [6.07, 6.45) is 1.18. The SMILES string of the molecule is OC(CCl)CNc1ccc2cnc(Cl)cc2c1. The Morgan fingerprint density at radius 2 is 2.12 bits per heavy atom. The van der Waals surface area contributed by atoms with Crippen LogP contribution >= 0.6 is 23.2 Å². The Balaban J connectivity index is 2.19. The summed E-state index contributed by atoms with van der Waals surface area (Å²) in [7, 11) is 0. The second-order valence-electron chi connectivity index (χ2n) is 3.76. The van der Waals surface area contributed by atoms with Crippen molar-refractivity contribution < 1.29 is 5.11 Å². The molecule has 0 amide bonds. The maximum absolute atomic E-state index is 9.35. The third-order valence-electron chi connectivity index (χ3n) is 2.41. The summed E-state index contributed by atoms with van der Waals surface area (Å²) in [5.41, 5.74) is 0.920. The average molecular weight is 271 g/mol. The zero-order valence-electron chi connectivity index (χ0n) is 9.03. The number of aliphatic hydroxyl groups is 1. The minimum Gasteiger partial charge on any atom is -0.390 e. The molecule has 3 nitrogen and oxygen atoms in total. The van der Waals surface area contributed by atoms with Crippen LogP contribution in [0.5, 0.6) is 0 Å². The van der Waals surface area contributed by atoms with Crippen LogP contribution in [0.15, 0.2) is 30.5 Å². The predicted molar refractivity (Wildman–Crippen MR) is 72.0 cm³/mol. The standard InChI is InChI=1S/C12H12Cl2N2O/c13-5-11(17)7-15-10-2-1-8-6-16-12(14)4-9(8)3-10/h1-4,6,11,15,17H,5,7H2. The predicted octanol–water partition coefficient (Wildman–Crippen LogP) is 2.90. The fourth-order valence-corrected chi connectivity index (χ4v) is 1.79. The van der Waals surface area contributed by atoms with E-state index in [1.807, 2.05) is 18.2 Å². The number of nitrogens with one attached hydrogen (secondary N) is 1. The number of hydrogen-bond donors (Lipinski definition) is 2. The molecule has 0 fully saturated rings.